The fourth-order valence-corrected chi connectivity index (χ4v) is 13.3. The average molecular weight is 1980 g/mol. The fraction of sp³-hybridized carbons (Fsp3) is 0.370. The second-order valence-electron chi connectivity index (χ2n) is 31.8. The molecular weight excluding hydrogens is 1860 g/mol. The van der Waals surface area contributed by atoms with E-state index in [9.17, 15) is 13.2 Å². The van der Waals surface area contributed by atoms with E-state index in [1.54, 1.807) is 72.7 Å². The average Bonchev–Trinajstić information content (AvgIpc) is 1.24. The summed E-state index contributed by atoms with van der Waals surface area (Å²) in [6.45, 7) is 52.0. The van der Waals surface area contributed by atoms with Gasteiger partial charge in [0, 0.05) is 58.5 Å². The summed E-state index contributed by atoms with van der Waals surface area (Å²) in [5.74, 6) is 3.74. The van der Waals surface area contributed by atoms with Gasteiger partial charge in [-0.15, -0.1) is 11.3 Å². The van der Waals surface area contributed by atoms with E-state index >= 15 is 0 Å². The van der Waals surface area contributed by atoms with Crippen molar-refractivity contribution in [3.63, 3.8) is 0 Å². The van der Waals surface area contributed by atoms with E-state index in [0.717, 1.165) is 63.6 Å². The van der Waals surface area contributed by atoms with Crippen LogP contribution in [0.5, 0.6) is 0 Å². The van der Waals surface area contributed by atoms with Gasteiger partial charge in [0.05, 0.1) is 49.1 Å². The summed E-state index contributed by atoms with van der Waals surface area (Å²) in [7, 11) is 0. The summed E-state index contributed by atoms with van der Waals surface area (Å²) in [4.78, 5) is 9.26. The molecule has 0 aliphatic rings. The van der Waals surface area contributed by atoms with Gasteiger partial charge in [-0.3, -0.25) is 4.98 Å². The van der Waals surface area contributed by atoms with Gasteiger partial charge in [0.2, 0.25) is 0 Å². The molecule has 12 rings (SSSR count). The number of nitrogens with zero attached hydrogens (tertiary/aromatic N) is 5. The maximum atomic E-state index is 13.1. The van der Waals surface area contributed by atoms with Crippen LogP contribution in [0.25, 0.3) is 0 Å². The lowest BCUT2D eigenvalue weighted by Gasteiger charge is -2.09. The monoisotopic (exact) mass is 1980 g/mol. The number of rotatable bonds is 12. The first-order chi connectivity index (χ1) is 57.6. The van der Waals surface area contributed by atoms with Crippen LogP contribution in [0.3, 0.4) is 0 Å². The number of benzene rings is 8. The van der Waals surface area contributed by atoms with E-state index in [1.807, 2.05) is 126 Å². The minimum absolute atomic E-state index is 0.0168. The Hall–Kier alpha value is -6.09. The van der Waals surface area contributed by atoms with E-state index in [-0.39, 0.29) is 17.7 Å². The lowest BCUT2D eigenvalue weighted by Crippen LogP contribution is -1.95. The van der Waals surface area contributed by atoms with Crippen LogP contribution in [0.4, 0.5) is 13.2 Å². The van der Waals surface area contributed by atoms with Gasteiger partial charge in [-0.1, -0.05) is 371 Å². The van der Waals surface area contributed by atoms with Gasteiger partial charge >= 0.3 is 0 Å². The zero-order valence-electron chi connectivity index (χ0n) is 75.1. The molecule has 0 aliphatic heterocycles. The Balaban J connectivity index is 0.000000672. The molecule has 0 saturated heterocycles. The number of hydrogen-bond acceptors (Lipinski definition) is 8. The number of halogens is 15. The molecule has 4 aromatic heterocycles. The summed E-state index contributed by atoms with van der Waals surface area (Å²) < 4.78 is 49.0. The highest BCUT2D eigenvalue weighted by Gasteiger charge is 2.15. The SMILES string of the molecule is CC(C)c1cc(Cl)ccc1C#N.CC(C)c1cc(Cl)ccc1Cl.CC(C)c1cc(Cl)ccc1F.CC(C)c1ccc(Br)c(Cl)c1.CC(C)c1ccc(F)c(Cl)c1F.CC(C)c1cccc(Cl)c1Cl.CC(C)c1ccccc1.CC(C)c1ccon1.CC(C)c1cnc(Cl)c(Cl)c1.CC(C)c1cncs1.CC(C)c1cnoc1.Cc1c(Cl)cccc1C(C)C. The largest absolute Gasteiger partial charge is 0.365 e. The Labute approximate surface area is 800 Å². The van der Waals surface area contributed by atoms with Crippen molar-refractivity contribution >= 4 is 155 Å². The Kier molecular flexibility index (Phi) is 57.3. The molecule has 8 aromatic carbocycles. The number of nitriles is 1. The van der Waals surface area contributed by atoms with E-state index in [0.29, 0.717) is 101 Å². The summed E-state index contributed by atoms with van der Waals surface area (Å²) in [6.07, 6.45) is 8.68. The Morgan fingerprint density at radius 2 is 0.870 bits per heavy atom. The van der Waals surface area contributed by atoms with Crippen LogP contribution in [0.2, 0.25) is 55.4 Å². The van der Waals surface area contributed by atoms with Crippen molar-refractivity contribution in [1.29, 1.82) is 5.26 Å². The maximum absolute atomic E-state index is 13.1. The molecule has 0 bridgehead atoms. The molecule has 23 heteroatoms. The van der Waals surface area contributed by atoms with Crippen molar-refractivity contribution in [3.05, 3.63) is 355 Å². The molecule has 0 saturated carbocycles. The maximum Gasteiger partial charge on any atom is 0.148 e. The van der Waals surface area contributed by atoms with Crippen LogP contribution in [0, 0.1) is 35.7 Å². The van der Waals surface area contributed by atoms with Gasteiger partial charge in [-0.05, 0) is 240 Å². The first kappa shape index (κ1) is 115. The molecule has 0 atom stereocenters. The molecule has 123 heavy (non-hydrogen) atoms. The standard InChI is InChI=1S/C10H10ClN.C10H13Cl.C9H10BrCl.2C9H10Cl2.C9H9ClF2.C9H10ClF.C9H12.C8H9Cl2N.2C6H9NO.C6H9NS/c1-7(2)10-5-9(11)4-3-8(10)6-12;1-7(2)9-5-4-6-10(11)8(9)3;1-6(2)7-3-4-8(10)9(11)5-7;1-6(2)8-5-7(10)3-4-9(8)11;1-6(2)7-4-3-5-8(10)9(7)11;1-5(2)6-3-4-7(11)8(10)9(6)12;1-6(2)8-5-7(10)3-4-9(8)11;1-8(2)9-6-4-3-5-7-9;1-5(2)6-3-7(9)8(10)11-4-6;1-5(2)6-3-7-8-4-6;1-5(2)6-3-4-8-7-6;1-5(2)6-3-7-4-8-6/h3-5,7H,1-2H3;4-7H,1-3H3;3*3-6H,1-2H3;3-5H,1-2H3;3-6H,1-2H3;3-8H,1-2H3;3-5H,1-2H3;3*3-5H,1-2H3. The number of pyridine rings is 1. The summed E-state index contributed by atoms with van der Waals surface area (Å²) in [5, 5.41) is 22.4. The highest BCUT2D eigenvalue weighted by Crippen LogP contribution is 2.34. The topological polar surface area (TPSA) is 102 Å². The van der Waals surface area contributed by atoms with E-state index in [4.69, 9.17) is 133 Å². The third-order valence-corrected chi connectivity index (χ3v) is 23.5. The van der Waals surface area contributed by atoms with Crippen LogP contribution in [0.15, 0.2) is 214 Å². The van der Waals surface area contributed by atoms with Crippen LogP contribution in [-0.2, 0) is 0 Å². The van der Waals surface area contributed by atoms with E-state index < -0.39 is 16.7 Å². The van der Waals surface area contributed by atoms with Gasteiger partial charge in [0.25, 0.3) is 0 Å². The van der Waals surface area contributed by atoms with Gasteiger partial charge < -0.3 is 9.05 Å². The van der Waals surface area contributed by atoms with Crippen molar-refractivity contribution in [2.75, 3.05) is 0 Å². The minimum Gasteiger partial charge on any atom is -0.365 e. The van der Waals surface area contributed by atoms with Crippen molar-refractivity contribution in [2.24, 2.45) is 0 Å². The second-order valence-corrected chi connectivity index (χ2v) is 38.0. The molecule has 0 radical (unpaired) electrons. The zero-order valence-corrected chi connectivity index (χ0v) is 85.8. The summed E-state index contributed by atoms with van der Waals surface area (Å²) in [6, 6.07) is 52.4. The molecule has 12 aromatic rings. The van der Waals surface area contributed by atoms with Gasteiger partial charge in [-0.25, -0.2) is 18.2 Å². The summed E-state index contributed by atoms with van der Waals surface area (Å²) >= 11 is 68.7. The van der Waals surface area contributed by atoms with Crippen molar-refractivity contribution in [1.82, 2.24) is 20.3 Å². The van der Waals surface area contributed by atoms with E-state index in [1.165, 1.54) is 45.3 Å². The van der Waals surface area contributed by atoms with E-state index in [2.05, 4.69) is 219 Å². The minimum atomic E-state index is -0.710. The quantitative estimate of drug-likeness (QED) is 0.0887. The predicted molar refractivity (Wildman–Crippen MR) is 532 cm³/mol. The Morgan fingerprint density at radius 3 is 1.26 bits per heavy atom. The second kappa shape index (κ2) is 61.4. The highest BCUT2D eigenvalue weighted by molar-refractivity contribution is 9.10. The first-order valence-electron chi connectivity index (χ1n) is 40.5. The summed E-state index contributed by atoms with van der Waals surface area (Å²) in [5.41, 5.74) is 15.5. The molecule has 0 aliphatic carbocycles. The molecular formula is C100H120BrCl11F3N5O2S. The van der Waals surface area contributed by atoms with Gasteiger partial charge in [0.1, 0.15) is 40.2 Å². The van der Waals surface area contributed by atoms with Crippen LogP contribution < -0.4 is 0 Å². The highest BCUT2D eigenvalue weighted by atomic mass is 79.9. The molecule has 0 unspecified atom stereocenters. The molecule has 7 nitrogen and oxygen atoms in total. The normalized spacial score (nSPS) is 10.5. The van der Waals surface area contributed by atoms with Crippen LogP contribution in [0.1, 0.15) is 315 Å². The lowest BCUT2D eigenvalue weighted by atomic mass is 9.98. The lowest BCUT2D eigenvalue weighted by molar-refractivity contribution is 0.408. The third kappa shape index (κ3) is 45.0. The van der Waals surface area contributed by atoms with Crippen molar-refractivity contribution in [2.45, 2.75) is 244 Å². The van der Waals surface area contributed by atoms with Gasteiger partial charge in [0.15, 0.2) is 0 Å². The first-order valence-corrected chi connectivity index (χ1v) is 46.3. The molecule has 4 heterocycles. The van der Waals surface area contributed by atoms with Crippen molar-refractivity contribution in [3.8, 4) is 6.07 Å². The fourth-order valence-electron chi connectivity index (χ4n) is 10.2. The number of hydrogen-bond donors (Lipinski definition) is 0. The van der Waals surface area contributed by atoms with Crippen molar-refractivity contribution < 1.29 is 22.2 Å². The van der Waals surface area contributed by atoms with Gasteiger partial charge in [-0.2, -0.15) is 5.26 Å². The molecule has 0 spiro atoms. The zero-order chi connectivity index (χ0) is 93.7. The molecule has 0 N–H and O–H groups in total. The van der Waals surface area contributed by atoms with Crippen LogP contribution in [-0.4, -0.2) is 20.3 Å². The number of thiazole rings is 1. The Bertz CT molecular complexity index is 4710. The predicted octanol–water partition coefficient (Wildman–Crippen LogP) is 39.1. The van der Waals surface area contributed by atoms with Crippen LogP contribution >= 0.6 is 155 Å². The smallest absolute Gasteiger partial charge is 0.148 e. The number of aromatic nitrogens is 4. The third-order valence-electron chi connectivity index (χ3n) is 17.9. The molecule has 0 fully saturated rings. The molecule has 668 valence electrons. The molecule has 0 amide bonds. The Morgan fingerprint density at radius 1 is 0.374 bits per heavy atom.